The fourth-order valence-electron chi connectivity index (χ4n) is 2.93. The van der Waals surface area contributed by atoms with Crippen LogP contribution in [0.5, 0.6) is 0 Å². The van der Waals surface area contributed by atoms with Gasteiger partial charge < -0.3 is 0 Å². The zero-order chi connectivity index (χ0) is 12.5. The Hall–Kier alpha value is -0.660. The second-order valence-electron chi connectivity index (χ2n) is 5.72. The van der Waals surface area contributed by atoms with Gasteiger partial charge in [-0.15, -0.1) is 0 Å². The maximum Gasteiger partial charge on any atom is 0.0388 e. The van der Waals surface area contributed by atoms with Gasteiger partial charge in [0.2, 0.25) is 0 Å². The van der Waals surface area contributed by atoms with E-state index in [2.05, 4.69) is 0 Å². The van der Waals surface area contributed by atoms with E-state index < -0.39 is 0 Å². The second-order valence-corrected chi connectivity index (χ2v) is 5.72. The van der Waals surface area contributed by atoms with Gasteiger partial charge in [-0.05, 0) is 64.2 Å². The summed E-state index contributed by atoms with van der Waals surface area (Å²) in [7, 11) is 0. The summed E-state index contributed by atoms with van der Waals surface area (Å²) >= 11 is 0. The Morgan fingerprint density at radius 3 is 1.33 bits per heavy atom. The molecule has 2 rings (SSSR count). The smallest absolute Gasteiger partial charge is 0.0388 e. The molecule has 18 heavy (non-hydrogen) atoms. The van der Waals surface area contributed by atoms with E-state index >= 15 is 0 Å². The van der Waals surface area contributed by atoms with Crippen molar-refractivity contribution in [2.24, 2.45) is 9.98 Å². The Labute approximate surface area is 112 Å². The topological polar surface area (TPSA) is 24.7 Å². The molecule has 0 radical (unpaired) electrons. The molecule has 2 saturated carbocycles. The number of hydrogen-bond donors (Lipinski definition) is 0. The van der Waals surface area contributed by atoms with Crippen LogP contribution in [0.2, 0.25) is 0 Å². The normalized spacial score (nSPS) is 19.6. The van der Waals surface area contributed by atoms with E-state index in [1.165, 1.54) is 88.5 Å². The van der Waals surface area contributed by atoms with Crippen molar-refractivity contribution in [2.45, 2.75) is 77.0 Å². The van der Waals surface area contributed by atoms with Crippen molar-refractivity contribution in [2.75, 3.05) is 13.1 Å². The predicted molar refractivity (Wildman–Crippen MR) is 80.0 cm³/mol. The molecule has 0 unspecified atom stereocenters. The Morgan fingerprint density at radius 1 is 0.556 bits per heavy atom. The first-order valence-corrected chi connectivity index (χ1v) is 7.99. The standard InChI is InChI=1S/C16H28N2/c1(7-13-17-15-9-3-4-10-15)2-8-14-18-16-11-5-6-12-16/h1-14H2. The van der Waals surface area contributed by atoms with Gasteiger partial charge in [0.25, 0.3) is 0 Å². The molecule has 0 saturated heterocycles. The number of hydrogen-bond acceptors (Lipinski definition) is 2. The van der Waals surface area contributed by atoms with E-state index in [0.29, 0.717) is 0 Å². The van der Waals surface area contributed by atoms with Gasteiger partial charge in [-0.25, -0.2) is 0 Å². The molecule has 0 amide bonds. The average Bonchev–Trinajstić information content (AvgIpc) is 3.05. The van der Waals surface area contributed by atoms with Crippen LogP contribution in [0.15, 0.2) is 9.98 Å². The van der Waals surface area contributed by atoms with E-state index in [0.717, 1.165) is 13.1 Å². The molecule has 0 aromatic heterocycles. The Balaban J connectivity index is 1.41. The minimum absolute atomic E-state index is 1.07. The molecule has 0 heterocycles. The highest BCUT2D eigenvalue weighted by Crippen LogP contribution is 2.16. The first-order valence-electron chi connectivity index (χ1n) is 7.99. The fraction of sp³-hybridized carbons (Fsp3) is 0.875. The van der Waals surface area contributed by atoms with Crippen molar-refractivity contribution in [3.63, 3.8) is 0 Å². The molecule has 0 aliphatic heterocycles. The van der Waals surface area contributed by atoms with E-state index in [1.807, 2.05) is 0 Å². The molecular weight excluding hydrogens is 220 g/mol. The van der Waals surface area contributed by atoms with E-state index in [1.54, 1.807) is 0 Å². The minimum Gasteiger partial charge on any atom is -0.294 e. The zero-order valence-corrected chi connectivity index (χ0v) is 11.8. The summed E-state index contributed by atoms with van der Waals surface area (Å²) in [5, 5.41) is 0. The van der Waals surface area contributed by atoms with Crippen LogP contribution in [0, 0.1) is 0 Å². The van der Waals surface area contributed by atoms with Crippen LogP contribution >= 0.6 is 0 Å². The molecule has 0 atom stereocenters. The van der Waals surface area contributed by atoms with Crippen LogP contribution < -0.4 is 0 Å². The summed E-state index contributed by atoms with van der Waals surface area (Å²) in [6.45, 7) is 2.15. The summed E-state index contributed by atoms with van der Waals surface area (Å²) in [5.74, 6) is 0. The lowest BCUT2D eigenvalue weighted by molar-refractivity contribution is 0.653. The highest BCUT2D eigenvalue weighted by atomic mass is 14.7. The molecule has 2 nitrogen and oxygen atoms in total. The number of nitrogens with zero attached hydrogens (tertiary/aromatic N) is 2. The minimum atomic E-state index is 1.07. The van der Waals surface area contributed by atoms with E-state index in [9.17, 15) is 0 Å². The van der Waals surface area contributed by atoms with Crippen LogP contribution in [-0.4, -0.2) is 24.5 Å². The Morgan fingerprint density at radius 2 is 0.944 bits per heavy atom. The lowest BCUT2D eigenvalue weighted by atomic mass is 10.2. The van der Waals surface area contributed by atoms with Gasteiger partial charge in [0.15, 0.2) is 0 Å². The molecule has 0 aromatic carbocycles. The van der Waals surface area contributed by atoms with Crippen LogP contribution in [0.4, 0.5) is 0 Å². The highest BCUT2D eigenvalue weighted by molar-refractivity contribution is 5.86. The molecule has 0 aromatic rings. The number of rotatable bonds is 7. The number of unbranched alkanes of at least 4 members (excludes halogenated alkanes) is 3. The van der Waals surface area contributed by atoms with Crippen LogP contribution in [0.3, 0.4) is 0 Å². The maximum absolute atomic E-state index is 4.69. The first-order chi connectivity index (χ1) is 8.95. The summed E-state index contributed by atoms with van der Waals surface area (Å²) < 4.78 is 0. The van der Waals surface area contributed by atoms with Crippen LogP contribution in [0.25, 0.3) is 0 Å². The number of aliphatic imine (C=N–C) groups is 2. The van der Waals surface area contributed by atoms with Gasteiger partial charge in [-0.2, -0.15) is 0 Å². The van der Waals surface area contributed by atoms with Gasteiger partial charge in [0.05, 0.1) is 0 Å². The van der Waals surface area contributed by atoms with Gasteiger partial charge >= 0.3 is 0 Å². The summed E-state index contributed by atoms with van der Waals surface area (Å²) in [4.78, 5) is 9.39. The summed E-state index contributed by atoms with van der Waals surface area (Å²) in [6, 6.07) is 0. The Bertz CT molecular complexity index is 245. The average molecular weight is 248 g/mol. The van der Waals surface area contributed by atoms with E-state index in [4.69, 9.17) is 9.98 Å². The molecule has 0 bridgehead atoms. The van der Waals surface area contributed by atoms with Crippen molar-refractivity contribution in [1.29, 1.82) is 0 Å². The maximum atomic E-state index is 4.69. The molecule has 102 valence electrons. The van der Waals surface area contributed by atoms with Gasteiger partial charge in [0, 0.05) is 24.5 Å². The Kier molecular flexibility index (Phi) is 6.46. The largest absolute Gasteiger partial charge is 0.294 e. The molecule has 0 spiro atoms. The van der Waals surface area contributed by atoms with Crippen molar-refractivity contribution < 1.29 is 0 Å². The van der Waals surface area contributed by atoms with Gasteiger partial charge in [0.1, 0.15) is 0 Å². The van der Waals surface area contributed by atoms with Crippen molar-refractivity contribution in [1.82, 2.24) is 0 Å². The fourth-order valence-corrected chi connectivity index (χ4v) is 2.93. The van der Waals surface area contributed by atoms with E-state index in [-0.39, 0.29) is 0 Å². The van der Waals surface area contributed by atoms with Crippen LogP contribution in [-0.2, 0) is 0 Å². The van der Waals surface area contributed by atoms with Crippen molar-refractivity contribution >= 4 is 11.4 Å². The monoisotopic (exact) mass is 248 g/mol. The van der Waals surface area contributed by atoms with Crippen molar-refractivity contribution in [3.05, 3.63) is 0 Å². The molecular formula is C16H28N2. The third-order valence-electron chi connectivity index (χ3n) is 4.10. The third-order valence-corrected chi connectivity index (χ3v) is 4.10. The van der Waals surface area contributed by atoms with Crippen molar-refractivity contribution in [3.8, 4) is 0 Å². The molecule has 2 aliphatic carbocycles. The molecule has 0 N–H and O–H groups in total. The quantitative estimate of drug-likeness (QED) is 0.589. The predicted octanol–water partition coefficient (Wildman–Crippen LogP) is 4.58. The van der Waals surface area contributed by atoms with Gasteiger partial charge in [-0.3, -0.25) is 9.98 Å². The highest BCUT2D eigenvalue weighted by Gasteiger charge is 2.07. The third kappa shape index (κ3) is 5.32. The molecule has 2 heteroatoms. The molecule has 2 aliphatic rings. The lowest BCUT2D eigenvalue weighted by Gasteiger charge is -2.00. The van der Waals surface area contributed by atoms with Crippen LogP contribution in [0.1, 0.15) is 77.0 Å². The second kappa shape index (κ2) is 8.44. The molecule has 2 fully saturated rings. The summed E-state index contributed by atoms with van der Waals surface area (Å²) in [6.07, 6.45) is 15.8. The first kappa shape index (κ1) is 13.8. The SMILES string of the molecule is C(CCCN=C1CCCC1)CCN=C1CCCC1. The summed E-state index contributed by atoms with van der Waals surface area (Å²) in [5.41, 5.74) is 2.98. The zero-order valence-electron chi connectivity index (χ0n) is 11.8. The van der Waals surface area contributed by atoms with Gasteiger partial charge in [-0.1, -0.05) is 12.8 Å². The lowest BCUT2D eigenvalue weighted by Crippen LogP contribution is -1.93.